The van der Waals surface area contributed by atoms with Gasteiger partial charge in [0.1, 0.15) is 5.82 Å². The summed E-state index contributed by atoms with van der Waals surface area (Å²) in [6, 6.07) is 5.71. The molecule has 0 aromatic heterocycles. The number of aryl methyl sites for hydroxylation is 1. The second kappa shape index (κ2) is 4.65. The molecule has 1 saturated carbocycles. The third-order valence-electron chi connectivity index (χ3n) is 3.09. The Balaban J connectivity index is 2.05. The van der Waals surface area contributed by atoms with Crippen LogP contribution in [-0.4, -0.2) is 6.04 Å². The first-order valence-corrected chi connectivity index (χ1v) is 5.78. The van der Waals surface area contributed by atoms with E-state index in [0.29, 0.717) is 11.7 Å². The Labute approximate surface area is 90.7 Å². The van der Waals surface area contributed by atoms with Crippen molar-refractivity contribution in [2.75, 3.05) is 5.32 Å². The SMILES string of the molecule is Cc1ccc(F)c(NC2CCCCC2)c1. The van der Waals surface area contributed by atoms with E-state index in [1.165, 1.54) is 32.1 Å². The summed E-state index contributed by atoms with van der Waals surface area (Å²) in [6.07, 6.45) is 6.21. The lowest BCUT2D eigenvalue weighted by molar-refractivity contribution is 0.460. The van der Waals surface area contributed by atoms with Gasteiger partial charge in [-0.1, -0.05) is 25.3 Å². The van der Waals surface area contributed by atoms with E-state index in [0.717, 1.165) is 5.56 Å². The topological polar surface area (TPSA) is 12.0 Å². The molecule has 0 radical (unpaired) electrons. The van der Waals surface area contributed by atoms with Gasteiger partial charge in [0.05, 0.1) is 5.69 Å². The minimum atomic E-state index is -0.133. The lowest BCUT2D eigenvalue weighted by atomic mass is 9.95. The van der Waals surface area contributed by atoms with E-state index in [1.807, 2.05) is 13.0 Å². The van der Waals surface area contributed by atoms with Gasteiger partial charge in [-0.05, 0) is 37.5 Å². The minimum Gasteiger partial charge on any atom is -0.380 e. The van der Waals surface area contributed by atoms with Crippen LogP contribution in [0.2, 0.25) is 0 Å². The first-order chi connectivity index (χ1) is 7.25. The third-order valence-corrected chi connectivity index (χ3v) is 3.09. The molecule has 2 rings (SSSR count). The van der Waals surface area contributed by atoms with Crippen molar-refractivity contribution in [3.05, 3.63) is 29.6 Å². The lowest BCUT2D eigenvalue weighted by Gasteiger charge is -2.24. The zero-order valence-corrected chi connectivity index (χ0v) is 9.22. The number of hydrogen-bond donors (Lipinski definition) is 1. The molecule has 0 aliphatic heterocycles. The van der Waals surface area contributed by atoms with Crippen LogP contribution in [0.4, 0.5) is 10.1 Å². The Morgan fingerprint density at radius 2 is 1.93 bits per heavy atom. The average molecular weight is 207 g/mol. The Morgan fingerprint density at radius 1 is 1.20 bits per heavy atom. The molecule has 0 bridgehead atoms. The maximum atomic E-state index is 13.5. The molecular weight excluding hydrogens is 189 g/mol. The maximum absolute atomic E-state index is 13.5. The molecule has 0 atom stereocenters. The minimum absolute atomic E-state index is 0.133. The third kappa shape index (κ3) is 2.71. The Morgan fingerprint density at radius 3 is 2.67 bits per heavy atom. The standard InChI is InChI=1S/C13H18FN/c1-10-7-8-12(14)13(9-10)15-11-5-3-2-4-6-11/h7-9,11,15H,2-6H2,1H3. The first-order valence-electron chi connectivity index (χ1n) is 5.78. The molecule has 1 aliphatic rings. The molecule has 2 heteroatoms. The van der Waals surface area contributed by atoms with Crippen LogP contribution in [0.15, 0.2) is 18.2 Å². The van der Waals surface area contributed by atoms with Crippen molar-refractivity contribution in [2.24, 2.45) is 0 Å². The highest BCUT2D eigenvalue weighted by atomic mass is 19.1. The van der Waals surface area contributed by atoms with Crippen LogP contribution in [0.5, 0.6) is 0 Å². The summed E-state index contributed by atoms with van der Waals surface area (Å²) in [6.45, 7) is 1.99. The summed E-state index contributed by atoms with van der Waals surface area (Å²) in [5.74, 6) is -0.133. The Bertz CT molecular complexity index is 329. The van der Waals surface area contributed by atoms with Gasteiger partial charge in [0, 0.05) is 6.04 Å². The van der Waals surface area contributed by atoms with Crippen LogP contribution < -0.4 is 5.32 Å². The van der Waals surface area contributed by atoms with Crippen LogP contribution >= 0.6 is 0 Å². The fourth-order valence-corrected chi connectivity index (χ4v) is 2.22. The largest absolute Gasteiger partial charge is 0.380 e. The first kappa shape index (κ1) is 10.5. The van der Waals surface area contributed by atoms with Crippen molar-refractivity contribution in [2.45, 2.75) is 45.1 Å². The second-order valence-electron chi connectivity index (χ2n) is 4.46. The number of halogens is 1. The summed E-state index contributed by atoms with van der Waals surface area (Å²) in [4.78, 5) is 0. The summed E-state index contributed by atoms with van der Waals surface area (Å²) in [5.41, 5.74) is 1.77. The van der Waals surface area contributed by atoms with E-state index in [9.17, 15) is 4.39 Å². The van der Waals surface area contributed by atoms with Gasteiger partial charge in [0.25, 0.3) is 0 Å². The van der Waals surface area contributed by atoms with Gasteiger partial charge in [-0.2, -0.15) is 0 Å². The molecule has 0 amide bonds. The van der Waals surface area contributed by atoms with Crippen molar-refractivity contribution in [3.63, 3.8) is 0 Å². The van der Waals surface area contributed by atoms with E-state index in [1.54, 1.807) is 12.1 Å². The van der Waals surface area contributed by atoms with Crippen molar-refractivity contribution < 1.29 is 4.39 Å². The zero-order valence-electron chi connectivity index (χ0n) is 9.22. The van der Waals surface area contributed by atoms with Crippen LogP contribution in [0.25, 0.3) is 0 Å². The van der Waals surface area contributed by atoms with Crippen molar-refractivity contribution in [1.82, 2.24) is 0 Å². The zero-order chi connectivity index (χ0) is 10.7. The summed E-state index contributed by atoms with van der Waals surface area (Å²) < 4.78 is 13.5. The van der Waals surface area contributed by atoms with Crippen LogP contribution in [0.1, 0.15) is 37.7 Å². The highest BCUT2D eigenvalue weighted by Crippen LogP contribution is 2.23. The van der Waals surface area contributed by atoms with E-state index >= 15 is 0 Å². The average Bonchev–Trinajstić information content (AvgIpc) is 2.25. The van der Waals surface area contributed by atoms with Crippen molar-refractivity contribution in [3.8, 4) is 0 Å². The van der Waals surface area contributed by atoms with E-state index in [2.05, 4.69) is 5.32 Å². The molecule has 0 unspecified atom stereocenters. The monoisotopic (exact) mass is 207 g/mol. The van der Waals surface area contributed by atoms with E-state index in [-0.39, 0.29) is 5.82 Å². The normalized spacial score (nSPS) is 17.7. The predicted molar refractivity (Wildman–Crippen MR) is 61.6 cm³/mol. The van der Waals surface area contributed by atoms with Crippen molar-refractivity contribution in [1.29, 1.82) is 0 Å². The number of anilines is 1. The van der Waals surface area contributed by atoms with Crippen LogP contribution in [0.3, 0.4) is 0 Å². The van der Waals surface area contributed by atoms with Gasteiger partial charge in [-0.15, -0.1) is 0 Å². The number of hydrogen-bond acceptors (Lipinski definition) is 1. The number of rotatable bonds is 2. The van der Waals surface area contributed by atoms with Crippen LogP contribution in [0, 0.1) is 12.7 Å². The molecule has 0 heterocycles. The molecular formula is C13H18FN. The summed E-state index contributed by atoms with van der Waals surface area (Å²) >= 11 is 0. The fourth-order valence-electron chi connectivity index (χ4n) is 2.22. The predicted octanol–water partition coefficient (Wildman–Crippen LogP) is 3.88. The molecule has 1 aromatic carbocycles. The molecule has 1 aliphatic carbocycles. The number of benzene rings is 1. The molecule has 82 valence electrons. The maximum Gasteiger partial charge on any atom is 0.146 e. The quantitative estimate of drug-likeness (QED) is 0.776. The van der Waals surface area contributed by atoms with E-state index < -0.39 is 0 Å². The molecule has 0 saturated heterocycles. The molecule has 1 N–H and O–H groups in total. The molecule has 1 nitrogen and oxygen atoms in total. The molecule has 1 aromatic rings. The van der Waals surface area contributed by atoms with Gasteiger partial charge >= 0.3 is 0 Å². The number of nitrogens with one attached hydrogen (secondary N) is 1. The van der Waals surface area contributed by atoms with Gasteiger partial charge in [0.15, 0.2) is 0 Å². The Kier molecular flexibility index (Phi) is 3.24. The molecule has 0 spiro atoms. The van der Waals surface area contributed by atoms with Gasteiger partial charge in [0.2, 0.25) is 0 Å². The summed E-state index contributed by atoms with van der Waals surface area (Å²) in [7, 11) is 0. The summed E-state index contributed by atoms with van der Waals surface area (Å²) in [5, 5.41) is 3.31. The van der Waals surface area contributed by atoms with E-state index in [4.69, 9.17) is 0 Å². The van der Waals surface area contributed by atoms with Gasteiger partial charge < -0.3 is 5.32 Å². The Hall–Kier alpha value is -1.05. The second-order valence-corrected chi connectivity index (χ2v) is 4.46. The fraction of sp³-hybridized carbons (Fsp3) is 0.538. The smallest absolute Gasteiger partial charge is 0.146 e. The molecule has 1 fully saturated rings. The highest BCUT2D eigenvalue weighted by Gasteiger charge is 2.14. The van der Waals surface area contributed by atoms with Gasteiger partial charge in [-0.3, -0.25) is 0 Å². The lowest BCUT2D eigenvalue weighted by Crippen LogP contribution is -2.22. The highest BCUT2D eigenvalue weighted by molar-refractivity contribution is 5.47. The van der Waals surface area contributed by atoms with Crippen LogP contribution in [-0.2, 0) is 0 Å². The molecule has 15 heavy (non-hydrogen) atoms. The van der Waals surface area contributed by atoms with Crippen molar-refractivity contribution >= 4 is 5.69 Å². The van der Waals surface area contributed by atoms with Gasteiger partial charge in [-0.25, -0.2) is 4.39 Å².